The van der Waals surface area contributed by atoms with Crippen LogP contribution in [-0.4, -0.2) is 79.6 Å². The van der Waals surface area contributed by atoms with Crippen molar-refractivity contribution in [3.8, 4) is 17.0 Å². The summed E-state index contributed by atoms with van der Waals surface area (Å²) in [5.41, 5.74) is 5.69. The lowest BCUT2D eigenvalue weighted by molar-refractivity contribution is -0.0798. The van der Waals surface area contributed by atoms with E-state index in [0.29, 0.717) is 65.3 Å². The van der Waals surface area contributed by atoms with Gasteiger partial charge in [0.2, 0.25) is 5.88 Å². The van der Waals surface area contributed by atoms with E-state index >= 15 is 0 Å². The summed E-state index contributed by atoms with van der Waals surface area (Å²) in [4.78, 5) is 8.87. The van der Waals surface area contributed by atoms with E-state index in [-0.39, 0.29) is 12.2 Å². The number of benzene rings is 2. The Morgan fingerprint density at radius 2 is 1.38 bits per heavy atom. The van der Waals surface area contributed by atoms with Gasteiger partial charge in [0.15, 0.2) is 0 Å². The zero-order valence-electron chi connectivity index (χ0n) is 25.8. The molecular weight excluding hydrogens is 570 g/mol. The summed E-state index contributed by atoms with van der Waals surface area (Å²) in [6, 6.07) is 22.7. The molecule has 0 aliphatic heterocycles. The second kappa shape index (κ2) is 15.9. The Balaban J connectivity index is 0.785. The summed E-state index contributed by atoms with van der Waals surface area (Å²) in [6.07, 6.45) is 7.68. The number of rotatable bonds is 18. The molecule has 3 aromatic heterocycles. The molecule has 6 rings (SSSR count). The van der Waals surface area contributed by atoms with Crippen LogP contribution in [0.5, 0.6) is 5.88 Å². The number of pyridine rings is 2. The quantitative estimate of drug-likeness (QED) is 0.112. The highest BCUT2D eigenvalue weighted by Gasteiger charge is 2.31. The van der Waals surface area contributed by atoms with Crippen LogP contribution in [-0.2, 0) is 37.3 Å². The van der Waals surface area contributed by atoms with Gasteiger partial charge < -0.3 is 33.0 Å². The molecule has 1 saturated carbocycles. The van der Waals surface area contributed by atoms with Crippen molar-refractivity contribution in [2.45, 2.75) is 31.7 Å². The second-order valence-corrected chi connectivity index (χ2v) is 11.1. The van der Waals surface area contributed by atoms with Crippen LogP contribution in [0.1, 0.15) is 18.4 Å². The molecule has 0 amide bonds. The molecule has 1 aliphatic carbocycles. The third-order valence-corrected chi connectivity index (χ3v) is 8.03. The molecule has 0 bridgehead atoms. The Morgan fingerprint density at radius 3 is 2.11 bits per heavy atom. The first-order valence-corrected chi connectivity index (χ1v) is 15.7. The van der Waals surface area contributed by atoms with Gasteiger partial charge in [-0.15, -0.1) is 0 Å². The molecule has 0 spiro atoms. The van der Waals surface area contributed by atoms with E-state index in [2.05, 4.69) is 51.9 Å². The van der Waals surface area contributed by atoms with Gasteiger partial charge in [-0.25, -0.2) is 4.98 Å². The van der Waals surface area contributed by atoms with Gasteiger partial charge in [-0.1, -0.05) is 42.5 Å². The maximum Gasteiger partial charge on any atom is 0.213 e. The van der Waals surface area contributed by atoms with Crippen LogP contribution < -0.4 is 4.74 Å². The maximum absolute atomic E-state index is 6.07. The minimum absolute atomic E-state index is 0.126. The van der Waals surface area contributed by atoms with Crippen molar-refractivity contribution in [3.05, 3.63) is 90.9 Å². The van der Waals surface area contributed by atoms with Crippen LogP contribution in [0.4, 0.5) is 0 Å². The van der Waals surface area contributed by atoms with Crippen molar-refractivity contribution in [1.29, 1.82) is 0 Å². The molecule has 9 nitrogen and oxygen atoms in total. The lowest BCUT2D eigenvalue weighted by Gasteiger charge is -2.34. The fourth-order valence-electron chi connectivity index (χ4n) is 5.47. The highest BCUT2D eigenvalue weighted by atomic mass is 16.6. The fraction of sp³-hybridized carbons (Fsp3) is 0.389. The summed E-state index contributed by atoms with van der Waals surface area (Å²) in [5, 5.41) is 2.37. The SMILES string of the molecule is Cn1c2ccncc2c2ccc(-c3ccc(O[C@H]4C[C@H](OCCOCCOCCOCCOCc5ccccc5)C4)nc3)cc21. The number of hydrogen-bond donors (Lipinski definition) is 0. The summed E-state index contributed by atoms with van der Waals surface area (Å²) in [6.45, 7) is 5.00. The number of hydrogen-bond acceptors (Lipinski definition) is 8. The predicted octanol–water partition coefficient (Wildman–Crippen LogP) is 5.98. The van der Waals surface area contributed by atoms with Crippen molar-refractivity contribution in [2.24, 2.45) is 7.05 Å². The molecule has 236 valence electrons. The van der Waals surface area contributed by atoms with Crippen LogP contribution in [0.2, 0.25) is 0 Å². The Bertz CT molecular complexity index is 1620. The standard InChI is InChI=1S/C36H41N3O6/c1-39-34-11-12-37-25-33(34)32-9-7-28(21-35(32)39)29-8-10-36(38-24-29)45-31-22-30(23-31)44-20-19-42-16-15-40-13-14-41-17-18-43-26-27-5-3-2-4-6-27/h2-12,21,24-25,30-31H,13-20,22-23,26H2,1H3/t30-,31-. The van der Waals surface area contributed by atoms with Crippen molar-refractivity contribution >= 4 is 21.8 Å². The molecule has 2 aromatic carbocycles. The summed E-state index contributed by atoms with van der Waals surface area (Å²) in [7, 11) is 2.09. The van der Waals surface area contributed by atoms with E-state index in [4.69, 9.17) is 28.4 Å². The van der Waals surface area contributed by atoms with Gasteiger partial charge in [0.1, 0.15) is 6.10 Å². The average molecular weight is 612 g/mol. The Labute approximate surface area is 264 Å². The van der Waals surface area contributed by atoms with E-state index in [9.17, 15) is 0 Å². The first-order chi connectivity index (χ1) is 22.2. The second-order valence-electron chi connectivity index (χ2n) is 11.1. The van der Waals surface area contributed by atoms with Crippen LogP contribution in [0.25, 0.3) is 32.9 Å². The molecule has 0 atom stereocenters. The molecule has 1 fully saturated rings. The van der Waals surface area contributed by atoms with Crippen molar-refractivity contribution < 1.29 is 28.4 Å². The van der Waals surface area contributed by atoms with Gasteiger partial charge >= 0.3 is 0 Å². The number of nitrogens with zero attached hydrogens (tertiary/aromatic N) is 3. The molecule has 9 heteroatoms. The third-order valence-electron chi connectivity index (χ3n) is 8.03. The van der Waals surface area contributed by atoms with Crippen molar-refractivity contribution in [1.82, 2.24) is 14.5 Å². The van der Waals surface area contributed by atoms with Gasteiger partial charge in [0.05, 0.1) is 71.1 Å². The van der Waals surface area contributed by atoms with E-state index < -0.39 is 0 Å². The largest absolute Gasteiger partial charge is 0.474 e. The zero-order valence-corrected chi connectivity index (χ0v) is 25.8. The summed E-state index contributed by atoms with van der Waals surface area (Å²) < 4.78 is 36.5. The highest BCUT2D eigenvalue weighted by Crippen LogP contribution is 2.32. The fourth-order valence-corrected chi connectivity index (χ4v) is 5.47. The maximum atomic E-state index is 6.07. The molecule has 5 aromatic rings. The molecule has 0 unspecified atom stereocenters. The van der Waals surface area contributed by atoms with E-state index in [1.165, 1.54) is 21.8 Å². The Kier molecular flexibility index (Phi) is 11.0. The molecule has 0 radical (unpaired) electrons. The third kappa shape index (κ3) is 8.45. The number of ether oxygens (including phenoxy) is 6. The van der Waals surface area contributed by atoms with Gasteiger partial charge in [-0.05, 0) is 29.3 Å². The average Bonchev–Trinajstić information content (AvgIpc) is 3.35. The van der Waals surface area contributed by atoms with Crippen LogP contribution in [0.15, 0.2) is 85.3 Å². The molecule has 45 heavy (non-hydrogen) atoms. The van der Waals surface area contributed by atoms with Crippen LogP contribution in [0.3, 0.4) is 0 Å². The van der Waals surface area contributed by atoms with Crippen LogP contribution >= 0.6 is 0 Å². The van der Waals surface area contributed by atoms with Gasteiger partial charge in [-0.2, -0.15) is 0 Å². The van der Waals surface area contributed by atoms with Gasteiger partial charge in [0.25, 0.3) is 0 Å². The molecule has 0 N–H and O–H groups in total. The monoisotopic (exact) mass is 611 g/mol. The van der Waals surface area contributed by atoms with Crippen molar-refractivity contribution in [2.75, 3.05) is 52.9 Å². The Hall–Kier alpha value is -3.86. The summed E-state index contributed by atoms with van der Waals surface area (Å²) >= 11 is 0. The molecule has 1 aliphatic rings. The smallest absolute Gasteiger partial charge is 0.213 e. The first-order valence-electron chi connectivity index (χ1n) is 15.7. The van der Waals surface area contributed by atoms with Gasteiger partial charge in [-0.3, -0.25) is 4.98 Å². The predicted molar refractivity (Wildman–Crippen MR) is 173 cm³/mol. The normalized spacial score (nSPS) is 16.3. The molecular formula is C36H41N3O6. The van der Waals surface area contributed by atoms with Crippen LogP contribution in [0, 0.1) is 0 Å². The number of fused-ring (bicyclic) bond motifs is 3. The van der Waals surface area contributed by atoms with Crippen molar-refractivity contribution in [3.63, 3.8) is 0 Å². The van der Waals surface area contributed by atoms with Gasteiger partial charge in [0, 0.05) is 66.4 Å². The Morgan fingerprint density at radius 1 is 0.667 bits per heavy atom. The minimum Gasteiger partial charge on any atom is -0.474 e. The topological polar surface area (TPSA) is 86.1 Å². The number of aryl methyl sites for hydroxylation is 1. The van der Waals surface area contributed by atoms with E-state index in [0.717, 1.165) is 29.5 Å². The molecule has 3 heterocycles. The minimum atomic E-state index is 0.126. The lowest BCUT2D eigenvalue weighted by Crippen LogP contribution is -2.40. The lowest BCUT2D eigenvalue weighted by atomic mass is 9.92. The summed E-state index contributed by atoms with van der Waals surface area (Å²) in [5.74, 6) is 0.643. The zero-order chi connectivity index (χ0) is 30.7. The van der Waals surface area contributed by atoms with E-state index in [1.54, 1.807) is 0 Å². The number of aromatic nitrogens is 3. The highest BCUT2D eigenvalue weighted by molar-refractivity contribution is 6.08. The van der Waals surface area contributed by atoms with E-state index in [1.807, 2.05) is 55.0 Å². The molecule has 0 saturated heterocycles. The first kappa shape index (κ1) is 31.1.